The van der Waals surface area contributed by atoms with Crippen LogP contribution in [0.15, 0.2) is 24.3 Å². The van der Waals surface area contributed by atoms with Crippen molar-refractivity contribution in [1.29, 1.82) is 0 Å². The van der Waals surface area contributed by atoms with Gasteiger partial charge in [-0.15, -0.1) is 0 Å². The molecule has 5 nitrogen and oxygen atoms in total. The average molecular weight is 370 g/mol. The Hall–Kier alpha value is -2.82. The number of allylic oxidation sites excluding steroid dienone is 1. The number of benzene rings is 2. The van der Waals surface area contributed by atoms with Crippen molar-refractivity contribution >= 4 is 11.6 Å². The fraction of sp³-hybridized carbons (Fsp3) is 0.364. The lowest BCUT2D eigenvalue weighted by atomic mass is 9.89. The van der Waals surface area contributed by atoms with Crippen LogP contribution in [0.5, 0.6) is 28.7 Å². The molecule has 0 radical (unpaired) electrons. The van der Waals surface area contributed by atoms with Crippen LogP contribution in [0, 0.1) is 0 Å². The lowest BCUT2D eigenvalue weighted by Gasteiger charge is -2.20. The number of hydrogen-bond acceptors (Lipinski definition) is 5. The number of rotatable bonds is 5. The Kier molecular flexibility index (Phi) is 5.79. The molecule has 0 aliphatic heterocycles. The number of phenolic OH excluding ortho intramolecular Hbond substituents is 1. The highest BCUT2D eigenvalue weighted by Gasteiger charge is 2.21. The molecule has 0 saturated carbocycles. The van der Waals surface area contributed by atoms with Gasteiger partial charge in [-0.25, -0.2) is 0 Å². The van der Waals surface area contributed by atoms with Crippen LogP contribution in [-0.2, 0) is 6.42 Å². The van der Waals surface area contributed by atoms with E-state index in [1.807, 2.05) is 18.2 Å². The first-order valence-corrected chi connectivity index (χ1v) is 9.03. The first-order chi connectivity index (χ1) is 13.1. The molecular formula is C22H26O5. The second-order valence-corrected chi connectivity index (χ2v) is 6.44. The van der Waals surface area contributed by atoms with E-state index in [0.29, 0.717) is 23.0 Å². The van der Waals surface area contributed by atoms with Crippen molar-refractivity contribution in [3.05, 3.63) is 41.0 Å². The van der Waals surface area contributed by atoms with Gasteiger partial charge in [-0.2, -0.15) is 0 Å². The van der Waals surface area contributed by atoms with Crippen LogP contribution in [0.4, 0.5) is 0 Å². The van der Waals surface area contributed by atoms with Gasteiger partial charge in [0.2, 0.25) is 5.75 Å². The van der Waals surface area contributed by atoms with Crippen molar-refractivity contribution in [2.24, 2.45) is 0 Å². The van der Waals surface area contributed by atoms with E-state index in [-0.39, 0.29) is 5.75 Å². The molecule has 0 atom stereocenters. The monoisotopic (exact) mass is 370 g/mol. The lowest BCUT2D eigenvalue weighted by Crippen LogP contribution is -2.01. The van der Waals surface area contributed by atoms with Crippen molar-refractivity contribution in [3.8, 4) is 28.7 Å². The second-order valence-electron chi connectivity index (χ2n) is 6.44. The van der Waals surface area contributed by atoms with Crippen LogP contribution >= 0.6 is 0 Å². The lowest BCUT2D eigenvalue weighted by molar-refractivity contribution is 0.324. The molecule has 0 unspecified atom stereocenters. The Morgan fingerprint density at radius 3 is 2.07 bits per heavy atom. The van der Waals surface area contributed by atoms with Gasteiger partial charge in [0.05, 0.1) is 28.4 Å². The van der Waals surface area contributed by atoms with Crippen molar-refractivity contribution in [1.82, 2.24) is 0 Å². The van der Waals surface area contributed by atoms with E-state index in [4.69, 9.17) is 18.9 Å². The quantitative estimate of drug-likeness (QED) is 0.827. The van der Waals surface area contributed by atoms with Crippen molar-refractivity contribution in [2.45, 2.75) is 25.7 Å². The molecule has 0 fully saturated rings. The molecule has 27 heavy (non-hydrogen) atoms. The Balaban J connectivity index is 2.17. The van der Waals surface area contributed by atoms with E-state index in [9.17, 15) is 5.11 Å². The summed E-state index contributed by atoms with van der Waals surface area (Å²) in [5.74, 6) is 2.60. The highest BCUT2D eigenvalue weighted by Crippen LogP contribution is 2.45. The zero-order chi connectivity index (χ0) is 19.4. The average Bonchev–Trinajstić information content (AvgIpc) is 2.68. The highest BCUT2D eigenvalue weighted by atomic mass is 16.5. The minimum absolute atomic E-state index is 0.228. The summed E-state index contributed by atoms with van der Waals surface area (Å²) in [6.07, 6.45) is 5.86. The Morgan fingerprint density at radius 2 is 1.41 bits per heavy atom. The zero-order valence-corrected chi connectivity index (χ0v) is 16.3. The number of phenols is 1. The van der Waals surface area contributed by atoms with Gasteiger partial charge in [0, 0.05) is 11.1 Å². The maximum Gasteiger partial charge on any atom is 0.203 e. The van der Waals surface area contributed by atoms with E-state index in [1.54, 1.807) is 34.5 Å². The van der Waals surface area contributed by atoms with Crippen LogP contribution in [-0.4, -0.2) is 33.5 Å². The molecule has 144 valence electrons. The molecule has 1 aliphatic carbocycles. The summed E-state index contributed by atoms with van der Waals surface area (Å²) >= 11 is 0. The molecule has 2 aromatic carbocycles. The molecular weight excluding hydrogens is 344 g/mol. The standard InChI is InChI=1S/C22H26O5/c1-24-18-11-9-15-13-14(7-5-6-8-16(15)20(18)23)17-10-12-19(25-2)22(27-4)21(17)26-3/h9-13,23H,5-8H2,1-4H3. The summed E-state index contributed by atoms with van der Waals surface area (Å²) < 4.78 is 21.9. The fourth-order valence-electron chi connectivity index (χ4n) is 3.64. The van der Waals surface area contributed by atoms with Crippen molar-refractivity contribution in [2.75, 3.05) is 28.4 Å². The van der Waals surface area contributed by atoms with E-state index < -0.39 is 0 Å². The molecule has 1 N–H and O–H groups in total. The molecule has 1 aliphatic rings. The highest BCUT2D eigenvalue weighted by molar-refractivity contribution is 5.87. The number of hydrogen-bond donors (Lipinski definition) is 1. The van der Waals surface area contributed by atoms with Gasteiger partial charge in [-0.05, 0) is 55.0 Å². The fourth-order valence-corrected chi connectivity index (χ4v) is 3.64. The third-order valence-electron chi connectivity index (χ3n) is 5.00. The Morgan fingerprint density at radius 1 is 0.741 bits per heavy atom. The number of fused-ring (bicyclic) bond motifs is 1. The Labute approximate surface area is 160 Å². The van der Waals surface area contributed by atoms with Gasteiger partial charge < -0.3 is 24.1 Å². The molecule has 5 heteroatoms. The maximum absolute atomic E-state index is 10.5. The van der Waals surface area contributed by atoms with Crippen LogP contribution < -0.4 is 18.9 Å². The van der Waals surface area contributed by atoms with Crippen LogP contribution in [0.1, 0.15) is 36.0 Å². The molecule has 0 amide bonds. The molecule has 0 saturated heterocycles. The zero-order valence-electron chi connectivity index (χ0n) is 16.3. The maximum atomic E-state index is 10.5. The van der Waals surface area contributed by atoms with Crippen LogP contribution in [0.2, 0.25) is 0 Å². The number of aromatic hydroxyl groups is 1. The predicted octanol–water partition coefficient (Wildman–Crippen LogP) is 4.69. The summed E-state index contributed by atoms with van der Waals surface area (Å²) in [6, 6.07) is 7.68. The van der Waals surface area contributed by atoms with E-state index in [0.717, 1.165) is 47.9 Å². The van der Waals surface area contributed by atoms with Gasteiger partial charge in [0.1, 0.15) is 0 Å². The molecule has 0 bridgehead atoms. The third-order valence-corrected chi connectivity index (χ3v) is 5.00. The minimum atomic E-state index is 0.228. The van der Waals surface area contributed by atoms with E-state index >= 15 is 0 Å². The van der Waals surface area contributed by atoms with E-state index in [2.05, 4.69) is 6.08 Å². The summed E-state index contributed by atoms with van der Waals surface area (Å²) in [7, 11) is 6.42. The number of methoxy groups -OCH3 is 4. The SMILES string of the molecule is COc1ccc2c(c1O)CCCCC(c1ccc(OC)c(OC)c1OC)=C2. The molecule has 0 heterocycles. The summed E-state index contributed by atoms with van der Waals surface area (Å²) in [5.41, 5.74) is 4.03. The molecule has 3 rings (SSSR count). The van der Waals surface area contributed by atoms with Gasteiger partial charge in [-0.3, -0.25) is 0 Å². The van der Waals surface area contributed by atoms with Crippen molar-refractivity contribution in [3.63, 3.8) is 0 Å². The predicted molar refractivity (Wildman–Crippen MR) is 106 cm³/mol. The van der Waals surface area contributed by atoms with Crippen LogP contribution in [0.25, 0.3) is 11.6 Å². The van der Waals surface area contributed by atoms with Gasteiger partial charge >= 0.3 is 0 Å². The summed E-state index contributed by atoms with van der Waals surface area (Å²) in [4.78, 5) is 0. The van der Waals surface area contributed by atoms with Gasteiger partial charge in [0.15, 0.2) is 23.0 Å². The smallest absolute Gasteiger partial charge is 0.203 e. The largest absolute Gasteiger partial charge is 0.504 e. The second kappa shape index (κ2) is 8.25. The molecule has 2 aromatic rings. The minimum Gasteiger partial charge on any atom is -0.504 e. The van der Waals surface area contributed by atoms with Gasteiger partial charge in [-0.1, -0.05) is 12.1 Å². The normalized spacial score (nSPS) is 13.7. The topological polar surface area (TPSA) is 57.2 Å². The first kappa shape index (κ1) is 19.0. The molecule has 0 spiro atoms. The third kappa shape index (κ3) is 3.54. The summed E-state index contributed by atoms with van der Waals surface area (Å²) in [6.45, 7) is 0. The number of ether oxygens (including phenoxy) is 4. The summed E-state index contributed by atoms with van der Waals surface area (Å²) in [5, 5.41) is 10.5. The first-order valence-electron chi connectivity index (χ1n) is 9.03. The van der Waals surface area contributed by atoms with Crippen LogP contribution in [0.3, 0.4) is 0 Å². The van der Waals surface area contributed by atoms with Gasteiger partial charge in [0.25, 0.3) is 0 Å². The van der Waals surface area contributed by atoms with E-state index in [1.165, 1.54) is 0 Å². The molecule has 0 aromatic heterocycles. The van der Waals surface area contributed by atoms with Crippen molar-refractivity contribution < 1.29 is 24.1 Å². The Bertz CT molecular complexity index is 854.